The minimum atomic E-state index is -1.91. The Morgan fingerprint density at radius 2 is 2.00 bits per heavy atom. The number of rotatable bonds is 3. The summed E-state index contributed by atoms with van der Waals surface area (Å²) in [5.74, 6) is -0.471. The Kier molecular flexibility index (Phi) is 3.23. The topological polar surface area (TPSA) is 26.3 Å². The van der Waals surface area contributed by atoms with Gasteiger partial charge in [-0.05, 0) is 25.5 Å². The molecule has 1 unspecified atom stereocenters. The van der Waals surface area contributed by atoms with Crippen molar-refractivity contribution in [2.75, 3.05) is 0 Å². The number of carbonyl (C=O) groups is 1. The maximum Gasteiger partial charge on any atom is 0.348 e. The predicted molar refractivity (Wildman–Crippen MR) is 51.9 cm³/mol. The average molecular weight is 196 g/mol. The highest BCUT2D eigenvalue weighted by Gasteiger charge is 2.32. The summed E-state index contributed by atoms with van der Waals surface area (Å²) in [5.41, 5.74) is -1.91. The zero-order valence-corrected chi connectivity index (χ0v) is 8.29. The number of para-hydroxylation sites is 1. The van der Waals surface area contributed by atoms with Crippen molar-refractivity contribution in [1.82, 2.24) is 0 Å². The first-order valence-corrected chi connectivity index (χ1v) is 4.52. The molecule has 0 aliphatic carbocycles. The van der Waals surface area contributed by atoms with Gasteiger partial charge in [0.15, 0.2) is 0 Å². The summed E-state index contributed by atoms with van der Waals surface area (Å²) < 4.78 is 18.3. The minimum Gasteiger partial charge on any atom is -0.424 e. The first kappa shape index (κ1) is 10.7. The van der Waals surface area contributed by atoms with Gasteiger partial charge in [-0.25, -0.2) is 9.18 Å². The van der Waals surface area contributed by atoms with Gasteiger partial charge in [0.05, 0.1) is 0 Å². The average Bonchev–Trinajstić information content (AvgIpc) is 2.19. The maximum atomic E-state index is 13.4. The van der Waals surface area contributed by atoms with Gasteiger partial charge < -0.3 is 4.74 Å². The van der Waals surface area contributed by atoms with Gasteiger partial charge in [0.1, 0.15) is 5.75 Å². The molecule has 0 saturated carbocycles. The predicted octanol–water partition coefficient (Wildman–Crippen LogP) is 2.73. The number of esters is 1. The third-order valence-corrected chi connectivity index (χ3v) is 2.04. The molecule has 0 bridgehead atoms. The van der Waals surface area contributed by atoms with Gasteiger partial charge in [-0.1, -0.05) is 25.1 Å². The van der Waals surface area contributed by atoms with Crippen molar-refractivity contribution in [3.63, 3.8) is 0 Å². The van der Waals surface area contributed by atoms with Crippen LogP contribution in [0.4, 0.5) is 4.39 Å². The molecule has 3 heteroatoms. The number of benzene rings is 1. The number of hydrogen-bond acceptors (Lipinski definition) is 2. The fourth-order valence-electron chi connectivity index (χ4n) is 0.846. The summed E-state index contributed by atoms with van der Waals surface area (Å²) in [5, 5.41) is 0. The van der Waals surface area contributed by atoms with Crippen molar-refractivity contribution in [3.05, 3.63) is 30.3 Å². The normalized spacial score (nSPS) is 14.5. The van der Waals surface area contributed by atoms with Crippen LogP contribution in [-0.2, 0) is 4.79 Å². The Labute approximate surface area is 82.7 Å². The van der Waals surface area contributed by atoms with Crippen LogP contribution in [0, 0.1) is 0 Å². The van der Waals surface area contributed by atoms with Crippen LogP contribution in [0.15, 0.2) is 30.3 Å². The summed E-state index contributed by atoms with van der Waals surface area (Å²) in [4.78, 5) is 11.3. The lowest BCUT2D eigenvalue weighted by molar-refractivity contribution is -0.146. The summed E-state index contributed by atoms with van der Waals surface area (Å²) >= 11 is 0. The second-order valence-electron chi connectivity index (χ2n) is 3.25. The number of halogens is 1. The lowest BCUT2D eigenvalue weighted by Crippen LogP contribution is -2.33. The number of carbonyl (C=O) groups excluding carboxylic acids is 1. The number of ether oxygens (including phenoxy) is 1. The van der Waals surface area contributed by atoms with Crippen LogP contribution >= 0.6 is 0 Å². The molecule has 0 saturated heterocycles. The van der Waals surface area contributed by atoms with Crippen LogP contribution in [0.2, 0.25) is 0 Å². The second-order valence-corrected chi connectivity index (χ2v) is 3.25. The van der Waals surface area contributed by atoms with Crippen molar-refractivity contribution in [2.45, 2.75) is 25.9 Å². The van der Waals surface area contributed by atoms with E-state index in [0.29, 0.717) is 5.75 Å². The lowest BCUT2D eigenvalue weighted by atomic mass is 10.1. The summed E-state index contributed by atoms with van der Waals surface area (Å²) in [6, 6.07) is 8.48. The van der Waals surface area contributed by atoms with Crippen molar-refractivity contribution >= 4 is 5.97 Å². The van der Waals surface area contributed by atoms with E-state index < -0.39 is 11.6 Å². The van der Waals surface area contributed by atoms with Crippen molar-refractivity contribution in [3.8, 4) is 5.75 Å². The molecule has 1 rings (SSSR count). The van der Waals surface area contributed by atoms with E-state index in [-0.39, 0.29) is 6.42 Å². The largest absolute Gasteiger partial charge is 0.424 e. The van der Waals surface area contributed by atoms with Gasteiger partial charge in [0, 0.05) is 0 Å². The molecule has 0 N–H and O–H groups in total. The Bertz CT molecular complexity index is 306. The second kappa shape index (κ2) is 4.22. The van der Waals surface area contributed by atoms with Crippen molar-refractivity contribution < 1.29 is 13.9 Å². The number of alkyl halides is 1. The van der Waals surface area contributed by atoms with Crippen molar-refractivity contribution in [1.29, 1.82) is 0 Å². The van der Waals surface area contributed by atoms with E-state index in [9.17, 15) is 9.18 Å². The Balaban J connectivity index is 2.67. The molecule has 2 nitrogen and oxygen atoms in total. The molecule has 1 atom stereocenters. The monoisotopic (exact) mass is 196 g/mol. The highest BCUT2D eigenvalue weighted by atomic mass is 19.1. The first-order valence-electron chi connectivity index (χ1n) is 4.52. The Morgan fingerprint density at radius 3 is 2.50 bits per heavy atom. The molecule has 0 heterocycles. The molecule has 0 amide bonds. The van der Waals surface area contributed by atoms with Crippen LogP contribution in [0.5, 0.6) is 5.75 Å². The summed E-state index contributed by atoms with van der Waals surface area (Å²) in [6.07, 6.45) is 0.110. The van der Waals surface area contributed by atoms with Gasteiger partial charge in [-0.15, -0.1) is 0 Å². The SMILES string of the molecule is CCC(C)(F)C(=O)Oc1ccccc1. The van der Waals surface area contributed by atoms with E-state index in [2.05, 4.69) is 0 Å². The zero-order chi connectivity index (χ0) is 10.6. The fourth-order valence-corrected chi connectivity index (χ4v) is 0.846. The van der Waals surface area contributed by atoms with E-state index in [4.69, 9.17) is 4.74 Å². The van der Waals surface area contributed by atoms with E-state index in [1.807, 2.05) is 0 Å². The quantitative estimate of drug-likeness (QED) is 0.548. The molecule has 0 aliphatic heterocycles. The Hall–Kier alpha value is -1.38. The standard InChI is InChI=1S/C11H13FO2/c1-3-11(2,12)10(13)14-9-7-5-4-6-8-9/h4-8H,3H2,1-2H3. The third-order valence-electron chi connectivity index (χ3n) is 2.04. The van der Waals surface area contributed by atoms with Crippen LogP contribution in [-0.4, -0.2) is 11.6 Å². The molecule has 0 spiro atoms. The van der Waals surface area contributed by atoms with Gasteiger partial charge in [-0.3, -0.25) is 0 Å². The van der Waals surface area contributed by atoms with E-state index in [0.717, 1.165) is 0 Å². The molecule has 14 heavy (non-hydrogen) atoms. The molecular formula is C11H13FO2. The third kappa shape index (κ3) is 2.55. The summed E-state index contributed by atoms with van der Waals surface area (Å²) in [6.45, 7) is 2.82. The molecule has 1 aromatic rings. The highest BCUT2D eigenvalue weighted by Crippen LogP contribution is 2.19. The smallest absolute Gasteiger partial charge is 0.348 e. The van der Waals surface area contributed by atoms with Crippen LogP contribution in [0.3, 0.4) is 0 Å². The van der Waals surface area contributed by atoms with Gasteiger partial charge in [0.25, 0.3) is 0 Å². The zero-order valence-electron chi connectivity index (χ0n) is 8.29. The Morgan fingerprint density at radius 1 is 1.43 bits per heavy atom. The molecule has 0 aliphatic rings. The molecule has 0 aromatic heterocycles. The molecule has 1 aromatic carbocycles. The van der Waals surface area contributed by atoms with Crippen LogP contribution in [0.25, 0.3) is 0 Å². The molecule has 0 fully saturated rings. The van der Waals surface area contributed by atoms with Gasteiger partial charge >= 0.3 is 5.97 Å². The first-order chi connectivity index (χ1) is 6.56. The van der Waals surface area contributed by atoms with Crippen LogP contribution < -0.4 is 4.74 Å². The molecule has 0 radical (unpaired) electrons. The van der Waals surface area contributed by atoms with Gasteiger partial charge in [-0.2, -0.15) is 0 Å². The van der Waals surface area contributed by atoms with Crippen LogP contribution in [0.1, 0.15) is 20.3 Å². The van der Waals surface area contributed by atoms with E-state index >= 15 is 0 Å². The highest BCUT2D eigenvalue weighted by molar-refractivity contribution is 5.81. The van der Waals surface area contributed by atoms with E-state index in [1.165, 1.54) is 6.92 Å². The lowest BCUT2D eigenvalue weighted by Gasteiger charge is -2.15. The molecular weight excluding hydrogens is 183 g/mol. The van der Waals surface area contributed by atoms with Gasteiger partial charge in [0.2, 0.25) is 5.67 Å². The maximum absolute atomic E-state index is 13.4. The summed E-state index contributed by atoms with van der Waals surface area (Å²) in [7, 11) is 0. The minimum absolute atomic E-state index is 0.110. The van der Waals surface area contributed by atoms with Crippen molar-refractivity contribution in [2.24, 2.45) is 0 Å². The number of hydrogen-bond donors (Lipinski definition) is 0. The molecule has 76 valence electrons. The fraction of sp³-hybridized carbons (Fsp3) is 0.364. The van der Waals surface area contributed by atoms with E-state index in [1.54, 1.807) is 37.3 Å².